The van der Waals surface area contributed by atoms with Crippen molar-refractivity contribution in [2.24, 2.45) is 5.92 Å². The molecule has 2 aliphatic rings. The molecule has 19 heavy (non-hydrogen) atoms. The first-order valence-corrected chi connectivity index (χ1v) is 8.93. The zero-order valence-corrected chi connectivity index (χ0v) is 12.9. The van der Waals surface area contributed by atoms with Crippen molar-refractivity contribution in [3.05, 3.63) is 0 Å². The smallest absolute Gasteiger partial charge is 0.279 e. The first-order valence-electron chi connectivity index (χ1n) is 7.49. The summed E-state index contributed by atoms with van der Waals surface area (Å²) in [5.74, 6) is 0.336. The van der Waals surface area contributed by atoms with Crippen LogP contribution in [0.3, 0.4) is 0 Å². The molecule has 1 aliphatic heterocycles. The third-order valence-electron chi connectivity index (χ3n) is 3.78. The summed E-state index contributed by atoms with van der Waals surface area (Å²) in [6.07, 6.45) is 5.56. The maximum atomic E-state index is 12.3. The molecule has 0 bridgehead atoms. The van der Waals surface area contributed by atoms with Gasteiger partial charge in [0.05, 0.1) is 0 Å². The highest BCUT2D eigenvalue weighted by Crippen LogP contribution is 2.22. The molecular formula is C13H27N3O2S. The standard InChI is InChI=1S/C13H27N3O2S/c1-11(2)9-15-19(17,18)16-8-4-3-5-13(16)10-14-12-6-7-12/h11-15H,3-10H2,1-2H3. The summed E-state index contributed by atoms with van der Waals surface area (Å²) in [5, 5.41) is 3.46. The largest absolute Gasteiger partial charge is 0.312 e. The van der Waals surface area contributed by atoms with Gasteiger partial charge in [0.15, 0.2) is 0 Å². The van der Waals surface area contributed by atoms with Gasteiger partial charge in [0.1, 0.15) is 0 Å². The Bertz CT molecular complexity index is 379. The van der Waals surface area contributed by atoms with Gasteiger partial charge in [-0.25, -0.2) is 4.72 Å². The molecule has 0 aromatic carbocycles. The van der Waals surface area contributed by atoms with Crippen LogP contribution >= 0.6 is 0 Å². The minimum atomic E-state index is -3.31. The van der Waals surface area contributed by atoms with Gasteiger partial charge in [0, 0.05) is 31.7 Å². The van der Waals surface area contributed by atoms with Crippen LogP contribution in [0.15, 0.2) is 0 Å². The number of hydrogen-bond acceptors (Lipinski definition) is 3. The average Bonchev–Trinajstić information content (AvgIpc) is 3.18. The lowest BCUT2D eigenvalue weighted by molar-refractivity contribution is 0.242. The topological polar surface area (TPSA) is 61.4 Å². The molecule has 1 heterocycles. The third-order valence-corrected chi connectivity index (χ3v) is 5.40. The number of rotatable bonds is 7. The van der Waals surface area contributed by atoms with Crippen LogP contribution in [0.2, 0.25) is 0 Å². The molecule has 2 N–H and O–H groups in total. The van der Waals surface area contributed by atoms with E-state index in [2.05, 4.69) is 10.0 Å². The molecule has 1 atom stereocenters. The summed E-state index contributed by atoms with van der Waals surface area (Å²) in [6.45, 7) is 6.01. The minimum Gasteiger partial charge on any atom is -0.312 e. The predicted octanol–water partition coefficient (Wildman–Crippen LogP) is 1.08. The molecule has 1 saturated carbocycles. The van der Waals surface area contributed by atoms with Gasteiger partial charge < -0.3 is 5.32 Å². The molecular weight excluding hydrogens is 262 g/mol. The van der Waals surface area contributed by atoms with Gasteiger partial charge in [-0.15, -0.1) is 0 Å². The summed E-state index contributed by atoms with van der Waals surface area (Å²) < 4.78 is 29.1. The lowest BCUT2D eigenvalue weighted by atomic mass is 10.1. The van der Waals surface area contributed by atoms with E-state index >= 15 is 0 Å². The van der Waals surface area contributed by atoms with Crippen LogP contribution in [-0.4, -0.2) is 44.4 Å². The van der Waals surface area contributed by atoms with Crippen molar-refractivity contribution in [3.63, 3.8) is 0 Å². The first kappa shape index (κ1) is 15.2. The fraction of sp³-hybridized carbons (Fsp3) is 1.00. The van der Waals surface area contributed by atoms with Crippen LogP contribution in [-0.2, 0) is 10.2 Å². The van der Waals surface area contributed by atoms with E-state index in [0.29, 0.717) is 25.0 Å². The van der Waals surface area contributed by atoms with E-state index in [1.165, 1.54) is 12.8 Å². The van der Waals surface area contributed by atoms with Crippen molar-refractivity contribution in [2.75, 3.05) is 19.6 Å². The fourth-order valence-electron chi connectivity index (χ4n) is 2.44. The molecule has 2 rings (SSSR count). The SMILES string of the molecule is CC(C)CNS(=O)(=O)N1CCCCC1CNC1CC1. The van der Waals surface area contributed by atoms with Gasteiger partial charge in [-0.3, -0.25) is 0 Å². The van der Waals surface area contributed by atoms with E-state index in [9.17, 15) is 8.42 Å². The van der Waals surface area contributed by atoms with Crippen LogP contribution < -0.4 is 10.0 Å². The molecule has 1 aliphatic carbocycles. The molecule has 0 spiro atoms. The van der Waals surface area contributed by atoms with E-state index in [1.54, 1.807) is 4.31 Å². The van der Waals surface area contributed by atoms with Crippen LogP contribution in [0.1, 0.15) is 46.0 Å². The van der Waals surface area contributed by atoms with Crippen LogP contribution in [0, 0.1) is 5.92 Å². The zero-order chi connectivity index (χ0) is 13.9. The first-order chi connectivity index (χ1) is 8.99. The Hall–Kier alpha value is -0.170. The van der Waals surface area contributed by atoms with Gasteiger partial charge >= 0.3 is 0 Å². The van der Waals surface area contributed by atoms with Crippen molar-refractivity contribution in [2.45, 2.75) is 58.0 Å². The lowest BCUT2D eigenvalue weighted by Gasteiger charge is -2.35. The maximum absolute atomic E-state index is 12.3. The Morgan fingerprint density at radius 1 is 1.21 bits per heavy atom. The molecule has 112 valence electrons. The number of nitrogens with zero attached hydrogens (tertiary/aromatic N) is 1. The second kappa shape index (κ2) is 6.52. The van der Waals surface area contributed by atoms with Crippen LogP contribution in [0.4, 0.5) is 0 Å². The van der Waals surface area contributed by atoms with Gasteiger partial charge in [-0.05, 0) is 31.6 Å². The second-order valence-corrected chi connectivity index (χ2v) is 7.90. The summed E-state index contributed by atoms with van der Waals surface area (Å²) in [6, 6.07) is 0.758. The maximum Gasteiger partial charge on any atom is 0.279 e. The monoisotopic (exact) mass is 289 g/mol. The molecule has 1 saturated heterocycles. The highest BCUT2D eigenvalue weighted by atomic mass is 32.2. The molecule has 5 nitrogen and oxygen atoms in total. The van der Waals surface area contributed by atoms with E-state index in [4.69, 9.17) is 0 Å². The Morgan fingerprint density at radius 2 is 1.95 bits per heavy atom. The van der Waals surface area contributed by atoms with Gasteiger partial charge in [-0.2, -0.15) is 12.7 Å². The molecule has 0 aromatic heterocycles. The number of nitrogens with one attached hydrogen (secondary N) is 2. The van der Waals surface area contributed by atoms with E-state index < -0.39 is 10.2 Å². The van der Waals surface area contributed by atoms with Gasteiger partial charge in [-0.1, -0.05) is 20.3 Å². The zero-order valence-electron chi connectivity index (χ0n) is 12.1. The summed E-state index contributed by atoms with van der Waals surface area (Å²) in [4.78, 5) is 0. The summed E-state index contributed by atoms with van der Waals surface area (Å²) in [7, 11) is -3.31. The van der Waals surface area contributed by atoms with E-state index in [-0.39, 0.29) is 6.04 Å². The van der Waals surface area contributed by atoms with E-state index in [0.717, 1.165) is 25.8 Å². The molecule has 0 radical (unpaired) electrons. The Balaban J connectivity index is 1.92. The molecule has 6 heteroatoms. The number of hydrogen-bond donors (Lipinski definition) is 2. The highest BCUT2D eigenvalue weighted by molar-refractivity contribution is 7.87. The minimum absolute atomic E-state index is 0.124. The molecule has 2 fully saturated rings. The average molecular weight is 289 g/mol. The van der Waals surface area contributed by atoms with Crippen molar-refractivity contribution in [3.8, 4) is 0 Å². The lowest BCUT2D eigenvalue weighted by Crippen LogP contribution is -2.53. The van der Waals surface area contributed by atoms with Crippen molar-refractivity contribution in [1.82, 2.24) is 14.3 Å². The Kier molecular flexibility index (Phi) is 5.22. The van der Waals surface area contributed by atoms with Crippen LogP contribution in [0.5, 0.6) is 0 Å². The fourth-order valence-corrected chi connectivity index (χ4v) is 4.09. The van der Waals surface area contributed by atoms with Crippen molar-refractivity contribution < 1.29 is 8.42 Å². The summed E-state index contributed by atoms with van der Waals surface area (Å²) >= 11 is 0. The summed E-state index contributed by atoms with van der Waals surface area (Å²) in [5.41, 5.74) is 0. The highest BCUT2D eigenvalue weighted by Gasteiger charge is 2.33. The molecule has 1 unspecified atom stereocenters. The van der Waals surface area contributed by atoms with Gasteiger partial charge in [0.2, 0.25) is 0 Å². The Morgan fingerprint density at radius 3 is 2.58 bits per heavy atom. The third kappa shape index (κ3) is 4.70. The molecule has 0 amide bonds. The van der Waals surface area contributed by atoms with Crippen molar-refractivity contribution >= 4 is 10.2 Å². The predicted molar refractivity (Wildman–Crippen MR) is 77.1 cm³/mol. The quantitative estimate of drug-likeness (QED) is 0.737. The second-order valence-electron chi connectivity index (χ2n) is 6.19. The number of piperidine rings is 1. The van der Waals surface area contributed by atoms with Gasteiger partial charge in [0.25, 0.3) is 10.2 Å². The van der Waals surface area contributed by atoms with Crippen molar-refractivity contribution in [1.29, 1.82) is 0 Å². The normalized spacial score (nSPS) is 25.9. The van der Waals surface area contributed by atoms with E-state index in [1.807, 2.05) is 13.8 Å². The molecule has 0 aromatic rings. The Labute approximate surface area is 117 Å². The van der Waals surface area contributed by atoms with Crippen LogP contribution in [0.25, 0.3) is 0 Å².